The zero-order chi connectivity index (χ0) is 27.4. The normalized spacial score (nSPS) is 13.8. The highest BCUT2D eigenvalue weighted by Crippen LogP contribution is 2.22. The molecule has 2 aromatic carbocycles. The van der Waals surface area contributed by atoms with Crippen LogP contribution < -0.4 is 11.5 Å². The number of carbonyl (C=O) groups excluding carboxylic acids is 3. The van der Waals surface area contributed by atoms with Crippen LogP contribution in [0.1, 0.15) is 30.5 Å². The summed E-state index contributed by atoms with van der Waals surface area (Å²) in [6.45, 7) is 5.43. The SMILES string of the molecule is Cc1cc(CC(C(N)=O)N(C)C(=O)[C@H](C(C)C)N(C)C(=O)C(N)Cc2c[nH]c3ccccc23)ccc1O. The van der Waals surface area contributed by atoms with Crippen LogP contribution in [0.4, 0.5) is 0 Å². The van der Waals surface area contributed by atoms with E-state index in [-0.39, 0.29) is 24.0 Å². The minimum absolute atomic E-state index is 0.146. The number of H-pyrrole nitrogens is 1. The van der Waals surface area contributed by atoms with E-state index in [9.17, 15) is 19.5 Å². The van der Waals surface area contributed by atoms with E-state index in [1.54, 1.807) is 32.2 Å². The molecule has 0 saturated carbocycles. The van der Waals surface area contributed by atoms with Gasteiger partial charge in [-0.05, 0) is 48.1 Å². The van der Waals surface area contributed by atoms with Crippen molar-refractivity contribution in [2.75, 3.05) is 14.1 Å². The molecule has 0 aliphatic heterocycles. The van der Waals surface area contributed by atoms with Crippen molar-refractivity contribution >= 4 is 28.6 Å². The molecule has 3 rings (SSSR count). The Morgan fingerprint density at radius 1 is 1.00 bits per heavy atom. The number of benzene rings is 2. The molecule has 9 nitrogen and oxygen atoms in total. The number of carbonyl (C=O) groups is 3. The summed E-state index contributed by atoms with van der Waals surface area (Å²) >= 11 is 0. The number of likely N-dealkylation sites (N-methyl/N-ethyl adjacent to an activating group) is 2. The lowest BCUT2D eigenvalue weighted by atomic mass is 9.97. The first-order valence-electron chi connectivity index (χ1n) is 12.3. The average Bonchev–Trinajstić information content (AvgIpc) is 3.26. The molecule has 0 bridgehead atoms. The third-order valence-corrected chi connectivity index (χ3v) is 6.92. The number of aromatic hydroxyl groups is 1. The first-order chi connectivity index (χ1) is 17.4. The molecule has 2 unspecified atom stereocenters. The minimum atomic E-state index is -0.930. The Morgan fingerprint density at radius 2 is 1.68 bits per heavy atom. The van der Waals surface area contributed by atoms with E-state index in [4.69, 9.17) is 11.5 Å². The molecule has 198 valence electrons. The number of hydrogen-bond acceptors (Lipinski definition) is 5. The number of nitrogens with two attached hydrogens (primary N) is 2. The van der Waals surface area contributed by atoms with E-state index in [0.29, 0.717) is 12.0 Å². The number of fused-ring (bicyclic) bond motifs is 1. The summed E-state index contributed by atoms with van der Waals surface area (Å²) in [5, 5.41) is 10.8. The van der Waals surface area contributed by atoms with Gasteiger partial charge >= 0.3 is 0 Å². The lowest BCUT2D eigenvalue weighted by molar-refractivity contribution is -0.149. The number of amides is 3. The number of nitrogens with one attached hydrogen (secondary N) is 1. The average molecular weight is 508 g/mol. The maximum atomic E-state index is 13.6. The zero-order valence-electron chi connectivity index (χ0n) is 22.1. The molecule has 0 aliphatic rings. The first-order valence-corrected chi connectivity index (χ1v) is 12.3. The molecular weight excluding hydrogens is 470 g/mol. The zero-order valence-corrected chi connectivity index (χ0v) is 22.1. The molecule has 9 heteroatoms. The lowest BCUT2D eigenvalue weighted by Gasteiger charge is -2.36. The predicted molar refractivity (Wildman–Crippen MR) is 144 cm³/mol. The molecule has 3 aromatic rings. The fourth-order valence-electron chi connectivity index (χ4n) is 4.78. The van der Waals surface area contributed by atoms with Crippen LogP contribution in [0.2, 0.25) is 0 Å². The minimum Gasteiger partial charge on any atom is -0.508 e. The molecule has 6 N–H and O–H groups in total. The van der Waals surface area contributed by atoms with Crippen molar-refractivity contribution in [2.45, 2.75) is 51.7 Å². The highest BCUT2D eigenvalue weighted by molar-refractivity contribution is 5.93. The summed E-state index contributed by atoms with van der Waals surface area (Å²) in [7, 11) is 3.08. The van der Waals surface area contributed by atoms with Gasteiger partial charge in [-0.3, -0.25) is 14.4 Å². The number of primary amides is 1. The Bertz CT molecular complexity index is 1280. The maximum Gasteiger partial charge on any atom is 0.246 e. The quantitative estimate of drug-likeness (QED) is 0.332. The maximum absolute atomic E-state index is 13.6. The Morgan fingerprint density at radius 3 is 2.30 bits per heavy atom. The summed E-state index contributed by atoms with van der Waals surface area (Å²) in [4.78, 5) is 45.2. The number of para-hydroxylation sites is 1. The van der Waals surface area contributed by atoms with E-state index < -0.39 is 29.9 Å². The summed E-state index contributed by atoms with van der Waals surface area (Å²) < 4.78 is 0. The molecule has 3 atom stereocenters. The van der Waals surface area contributed by atoms with Gasteiger partial charge in [-0.1, -0.05) is 44.2 Å². The number of rotatable bonds is 10. The van der Waals surface area contributed by atoms with Crippen LogP contribution in [0.5, 0.6) is 5.75 Å². The van der Waals surface area contributed by atoms with Crippen molar-refractivity contribution in [3.05, 3.63) is 65.4 Å². The van der Waals surface area contributed by atoms with Gasteiger partial charge in [0, 0.05) is 37.6 Å². The number of aromatic amines is 1. The molecule has 37 heavy (non-hydrogen) atoms. The standard InChI is InChI=1S/C28H37N5O4/c1-16(2)25(28(37)32(4)23(26(30)35)13-18-10-11-24(34)17(3)12-18)33(5)27(36)21(29)14-19-15-31-22-9-7-6-8-20(19)22/h6-12,15-16,21,23,25,31,34H,13-14,29H2,1-5H3,(H2,30,35)/t21?,23?,25-/m0/s1. The van der Waals surface area contributed by atoms with E-state index in [0.717, 1.165) is 22.0 Å². The van der Waals surface area contributed by atoms with Gasteiger partial charge in [-0.2, -0.15) is 0 Å². The van der Waals surface area contributed by atoms with Gasteiger partial charge in [0.2, 0.25) is 17.7 Å². The van der Waals surface area contributed by atoms with Crippen molar-refractivity contribution < 1.29 is 19.5 Å². The molecule has 0 aliphatic carbocycles. The monoisotopic (exact) mass is 507 g/mol. The van der Waals surface area contributed by atoms with Gasteiger partial charge in [0.05, 0.1) is 6.04 Å². The number of nitrogens with zero attached hydrogens (tertiary/aromatic N) is 2. The molecule has 3 amide bonds. The van der Waals surface area contributed by atoms with Gasteiger partial charge in [0.25, 0.3) is 0 Å². The smallest absolute Gasteiger partial charge is 0.246 e. The highest BCUT2D eigenvalue weighted by atomic mass is 16.3. The second-order valence-electron chi connectivity index (χ2n) is 10.0. The van der Waals surface area contributed by atoms with E-state index in [2.05, 4.69) is 4.98 Å². The van der Waals surface area contributed by atoms with Gasteiger partial charge < -0.3 is 31.4 Å². The van der Waals surface area contributed by atoms with Gasteiger partial charge in [0.15, 0.2) is 0 Å². The predicted octanol–water partition coefficient (Wildman–Crippen LogP) is 2.09. The molecule has 0 fully saturated rings. The summed E-state index contributed by atoms with van der Waals surface area (Å²) in [6, 6.07) is 10.1. The fraction of sp³-hybridized carbons (Fsp3) is 0.393. The van der Waals surface area contributed by atoms with Crippen LogP contribution in [-0.2, 0) is 27.2 Å². The number of aryl methyl sites for hydroxylation is 1. The van der Waals surface area contributed by atoms with Crippen LogP contribution in [0, 0.1) is 12.8 Å². The van der Waals surface area contributed by atoms with Crippen molar-refractivity contribution in [3.63, 3.8) is 0 Å². The summed E-state index contributed by atoms with van der Waals surface area (Å²) in [5.41, 5.74) is 15.3. The van der Waals surface area contributed by atoms with E-state index >= 15 is 0 Å². The Hall–Kier alpha value is -3.85. The third kappa shape index (κ3) is 6.11. The molecule has 0 saturated heterocycles. The van der Waals surface area contributed by atoms with Crippen LogP contribution in [0.3, 0.4) is 0 Å². The van der Waals surface area contributed by atoms with Gasteiger partial charge in [0.1, 0.15) is 17.8 Å². The summed E-state index contributed by atoms with van der Waals surface area (Å²) in [5.74, 6) is -1.52. The Balaban J connectivity index is 1.78. The third-order valence-electron chi connectivity index (χ3n) is 6.92. The highest BCUT2D eigenvalue weighted by Gasteiger charge is 2.37. The van der Waals surface area contributed by atoms with Crippen LogP contribution in [-0.4, -0.2) is 69.8 Å². The van der Waals surface area contributed by atoms with Crippen LogP contribution in [0.25, 0.3) is 10.9 Å². The second-order valence-corrected chi connectivity index (χ2v) is 10.0. The number of phenols is 1. The second kappa shape index (κ2) is 11.5. The first kappa shape index (κ1) is 27.7. The van der Waals surface area contributed by atoms with Gasteiger partial charge in [-0.15, -0.1) is 0 Å². The van der Waals surface area contributed by atoms with Crippen molar-refractivity contribution in [1.82, 2.24) is 14.8 Å². The number of hydrogen-bond donors (Lipinski definition) is 4. The lowest BCUT2D eigenvalue weighted by Crippen LogP contribution is -2.58. The molecule has 0 radical (unpaired) electrons. The molecular formula is C28H37N5O4. The Kier molecular flexibility index (Phi) is 8.60. The molecule has 1 heterocycles. The Labute approximate surface area is 217 Å². The molecule has 1 aromatic heterocycles. The molecule has 0 spiro atoms. The van der Waals surface area contributed by atoms with Crippen molar-refractivity contribution in [1.29, 1.82) is 0 Å². The largest absolute Gasteiger partial charge is 0.508 e. The van der Waals surface area contributed by atoms with Crippen LogP contribution in [0.15, 0.2) is 48.7 Å². The van der Waals surface area contributed by atoms with Gasteiger partial charge in [-0.25, -0.2) is 0 Å². The number of aromatic nitrogens is 1. The fourth-order valence-corrected chi connectivity index (χ4v) is 4.78. The van der Waals surface area contributed by atoms with E-state index in [1.807, 2.05) is 44.3 Å². The number of phenolic OH excluding ortho intramolecular Hbond substituents is 1. The summed E-state index contributed by atoms with van der Waals surface area (Å²) in [6.07, 6.45) is 2.34. The van der Waals surface area contributed by atoms with Crippen molar-refractivity contribution in [3.8, 4) is 5.75 Å². The van der Waals surface area contributed by atoms with E-state index in [1.165, 1.54) is 16.8 Å². The van der Waals surface area contributed by atoms with Crippen LogP contribution >= 0.6 is 0 Å². The topological polar surface area (TPSA) is 146 Å². The van der Waals surface area contributed by atoms with Crippen molar-refractivity contribution in [2.24, 2.45) is 17.4 Å².